The molecule has 2 heteroatoms. The Morgan fingerprint density at radius 3 is 2.67 bits per heavy atom. The summed E-state index contributed by atoms with van der Waals surface area (Å²) in [5, 5.41) is 0. The molecule has 0 aromatic heterocycles. The molecule has 1 aliphatic rings. The highest BCUT2D eigenvalue weighted by atomic mass is 15.1. The lowest BCUT2D eigenvalue weighted by Gasteiger charge is -2.22. The molecule has 0 spiro atoms. The molecule has 0 aliphatic carbocycles. The normalized spacial score (nSPS) is 22.1. The van der Waals surface area contributed by atoms with Gasteiger partial charge in [0, 0.05) is 24.9 Å². The van der Waals surface area contributed by atoms with Gasteiger partial charge in [-0.2, -0.15) is 0 Å². The Morgan fingerprint density at radius 1 is 1.42 bits per heavy atom. The molecule has 0 fully saturated rings. The first-order valence-electron chi connectivity index (χ1n) is 4.77. The molecule has 0 saturated carbocycles. The lowest BCUT2D eigenvalue weighted by Crippen LogP contribution is -2.30. The smallest absolute Gasteiger partial charge is 0.0224 e. The van der Waals surface area contributed by atoms with Gasteiger partial charge in [0.15, 0.2) is 0 Å². The van der Waals surface area contributed by atoms with Gasteiger partial charge >= 0.3 is 0 Å². The van der Waals surface area contributed by atoms with Crippen molar-refractivity contribution in [3.8, 4) is 0 Å². The van der Waals surface area contributed by atoms with Gasteiger partial charge in [-0.05, 0) is 19.5 Å². The zero-order valence-corrected chi connectivity index (χ0v) is 8.03. The SMILES string of the molecule is CCN(CC)CC1C=NC=CC1. The quantitative estimate of drug-likeness (QED) is 0.623. The van der Waals surface area contributed by atoms with Crippen LogP contribution in [0.25, 0.3) is 0 Å². The van der Waals surface area contributed by atoms with Crippen molar-refractivity contribution < 1.29 is 0 Å². The van der Waals surface area contributed by atoms with Gasteiger partial charge in [-0.15, -0.1) is 0 Å². The monoisotopic (exact) mass is 166 g/mol. The Bertz CT molecular complexity index is 169. The minimum absolute atomic E-state index is 0.634. The Kier molecular flexibility index (Phi) is 4.01. The van der Waals surface area contributed by atoms with Crippen molar-refractivity contribution in [2.45, 2.75) is 20.3 Å². The maximum Gasteiger partial charge on any atom is 0.0224 e. The third kappa shape index (κ3) is 2.78. The van der Waals surface area contributed by atoms with E-state index in [0.29, 0.717) is 5.92 Å². The number of aliphatic imine (C=N–C) groups is 1. The summed E-state index contributed by atoms with van der Waals surface area (Å²) in [6.07, 6.45) is 7.26. The largest absolute Gasteiger partial charge is 0.303 e. The summed E-state index contributed by atoms with van der Waals surface area (Å²) in [6, 6.07) is 0. The van der Waals surface area contributed by atoms with Crippen molar-refractivity contribution in [3.05, 3.63) is 12.3 Å². The summed E-state index contributed by atoms with van der Waals surface area (Å²) in [5.41, 5.74) is 0. The lowest BCUT2D eigenvalue weighted by atomic mass is 10.1. The molecule has 0 aromatic rings. The third-order valence-electron chi connectivity index (χ3n) is 2.31. The van der Waals surface area contributed by atoms with Gasteiger partial charge in [0.05, 0.1) is 0 Å². The van der Waals surface area contributed by atoms with Crippen molar-refractivity contribution in [2.24, 2.45) is 10.9 Å². The zero-order valence-electron chi connectivity index (χ0n) is 8.03. The summed E-state index contributed by atoms with van der Waals surface area (Å²) in [5.74, 6) is 0.634. The van der Waals surface area contributed by atoms with Crippen LogP contribution in [0.5, 0.6) is 0 Å². The molecule has 1 atom stereocenters. The molecule has 1 aliphatic heterocycles. The average molecular weight is 166 g/mol. The Morgan fingerprint density at radius 2 is 2.17 bits per heavy atom. The van der Waals surface area contributed by atoms with Crippen molar-refractivity contribution >= 4 is 6.21 Å². The number of hydrogen-bond acceptors (Lipinski definition) is 2. The molecule has 68 valence electrons. The Hall–Kier alpha value is -0.630. The lowest BCUT2D eigenvalue weighted by molar-refractivity contribution is 0.281. The van der Waals surface area contributed by atoms with E-state index in [2.05, 4.69) is 36.0 Å². The molecular weight excluding hydrogens is 148 g/mol. The Labute approximate surface area is 75.0 Å². The van der Waals surface area contributed by atoms with Crippen LogP contribution < -0.4 is 0 Å². The number of rotatable bonds is 4. The van der Waals surface area contributed by atoms with Gasteiger partial charge in [-0.25, -0.2) is 0 Å². The highest BCUT2D eigenvalue weighted by molar-refractivity contribution is 5.63. The van der Waals surface area contributed by atoms with Gasteiger partial charge < -0.3 is 4.90 Å². The topological polar surface area (TPSA) is 15.6 Å². The van der Waals surface area contributed by atoms with E-state index in [1.165, 1.54) is 0 Å². The van der Waals surface area contributed by atoms with Crippen LogP contribution in [0.4, 0.5) is 0 Å². The predicted molar refractivity (Wildman–Crippen MR) is 53.5 cm³/mol. The van der Waals surface area contributed by atoms with Crippen LogP contribution in [0.3, 0.4) is 0 Å². The van der Waals surface area contributed by atoms with Crippen LogP contribution in [0.1, 0.15) is 20.3 Å². The van der Waals surface area contributed by atoms with Gasteiger partial charge in [0.25, 0.3) is 0 Å². The molecule has 0 amide bonds. The molecule has 1 heterocycles. The van der Waals surface area contributed by atoms with E-state index in [0.717, 1.165) is 26.1 Å². The van der Waals surface area contributed by atoms with Crippen molar-refractivity contribution in [1.82, 2.24) is 4.90 Å². The van der Waals surface area contributed by atoms with Crippen LogP contribution in [0.15, 0.2) is 17.3 Å². The average Bonchev–Trinajstić information content (AvgIpc) is 2.16. The van der Waals surface area contributed by atoms with Crippen molar-refractivity contribution in [1.29, 1.82) is 0 Å². The summed E-state index contributed by atoms with van der Waals surface area (Å²) >= 11 is 0. The van der Waals surface area contributed by atoms with Gasteiger partial charge in [0.1, 0.15) is 0 Å². The Balaban J connectivity index is 2.30. The molecule has 0 radical (unpaired) electrons. The minimum atomic E-state index is 0.634. The summed E-state index contributed by atoms with van der Waals surface area (Å²) in [4.78, 5) is 6.59. The molecule has 2 nitrogen and oxygen atoms in total. The van der Waals surface area contributed by atoms with E-state index in [1.807, 2.05) is 6.20 Å². The van der Waals surface area contributed by atoms with Gasteiger partial charge in [-0.3, -0.25) is 4.99 Å². The third-order valence-corrected chi connectivity index (χ3v) is 2.31. The highest BCUT2D eigenvalue weighted by Crippen LogP contribution is 2.08. The summed E-state index contributed by atoms with van der Waals surface area (Å²) in [7, 11) is 0. The first-order valence-corrected chi connectivity index (χ1v) is 4.77. The first-order chi connectivity index (χ1) is 5.86. The second-order valence-electron chi connectivity index (χ2n) is 3.16. The molecule has 12 heavy (non-hydrogen) atoms. The molecular formula is C10H18N2. The van der Waals surface area contributed by atoms with Crippen molar-refractivity contribution in [2.75, 3.05) is 19.6 Å². The van der Waals surface area contributed by atoms with Crippen LogP contribution in [0.2, 0.25) is 0 Å². The first kappa shape index (κ1) is 9.46. The van der Waals surface area contributed by atoms with E-state index in [-0.39, 0.29) is 0 Å². The van der Waals surface area contributed by atoms with Crippen LogP contribution in [0, 0.1) is 5.92 Å². The predicted octanol–water partition coefficient (Wildman–Crippen LogP) is 1.93. The van der Waals surface area contributed by atoms with Crippen LogP contribution in [-0.4, -0.2) is 30.7 Å². The van der Waals surface area contributed by atoms with Gasteiger partial charge in [-0.1, -0.05) is 19.9 Å². The zero-order chi connectivity index (χ0) is 8.81. The fraction of sp³-hybridized carbons (Fsp3) is 0.700. The molecule has 1 unspecified atom stereocenters. The maximum absolute atomic E-state index is 4.15. The maximum atomic E-state index is 4.15. The van der Waals surface area contributed by atoms with Gasteiger partial charge in [0.2, 0.25) is 0 Å². The second-order valence-corrected chi connectivity index (χ2v) is 3.16. The molecule has 0 aromatic carbocycles. The van der Waals surface area contributed by atoms with Crippen LogP contribution >= 0.6 is 0 Å². The number of allylic oxidation sites excluding steroid dienone is 1. The van der Waals surface area contributed by atoms with E-state index >= 15 is 0 Å². The van der Waals surface area contributed by atoms with Crippen molar-refractivity contribution in [3.63, 3.8) is 0 Å². The molecule has 1 rings (SSSR count). The molecule has 0 saturated heterocycles. The number of hydrogen-bond donors (Lipinski definition) is 0. The van der Waals surface area contributed by atoms with E-state index in [4.69, 9.17) is 0 Å². The fourth-order valence-corrected chi connectivity index (χ4v) is 1.46. The van der Waals surface area contributed by atoms with E-state index in [1.54, 1.807) is 0 Å². The highest BCUT2D eigenvalue weighted by Gasteiger charge is 2.09. The minimum Gasteiger partial charge on any atom is -0.303 e. The van der Waals surface area contributed by atoms with E-state index in [9.17, 15) is 0 Å². The summed E-state index contributed by atoms with van der Waals surface area (Å²) < 4.78 is 0. The fourth-order valence-electron chi connectivity index (χ4n) is 1.46. The number of nitrogens with zero attached hydrogens (tertiary/aromatic N) is 2. The van der Waals surface area contributed by atoms with Crippen LogP contribution in [-0.2, 0) is 0 Å². The van der Waals surface area contributed by atoms with E-state index < -0.39 is 0 Å². The molecule has 0 bridgehead atoms. The standard InChI is InChI=1S/C10H18N2/c1-3-12(4-2)9-10-6-5-7-11-8-10/h5,7-8,10H,3-4,6,9H2,1-2H3. The molecule has 0 N–H and O–H groups in total. The second kappa shape index (κ2) is 5.09. The summed E-state index contributed by atoms with van der Waals surface area (Å²) in [6.45, 7) is 7.86.